The molecule has 21 heavy (non-hydrogen) atoms. The van der Waals surface area contributed by atoms with Crippen LogP contribution in [0, 0.1) is 12.8 Å². The van der Waals surface area contributed by atoms with Crippen molar-refractivity contribution in [3.8, 4) is 0 Å². The molecule has 0 radical (unpaired) electrons. The number of nitrogens with one attached hydrogen (secondary N) is 1. The third-order valence-electron chi connectivity index (χ3n) is 4.73. The molecular weight excluding hydrogens is 260 g/mol. The molecule has 1 aliphatic carbocycles. The van der Waals surface area contributed by atoms with Gasteiger partial charge in [-0.1, -0.05) is 24.3 Å². The zero-order valence-electron chi connectivity index (χ0n) is 13.0. The van der Waals surface area contributed by atoms with Gasteiger partial charge in [0.05, 0.1) is 6.42 Å². The van der Waals surface area contributed by atoms with Gasteiger partial charge in [0.15, 0.2) is 0 Å². The molecule has 3 nitrogen and oxygen atoms in total. The van der Waals surface area contributed by atoms with Crippen LogP contribution < -0.4 is 5.32 Å². The minimum Gasteiger partial charge on any atom is -0.341 e. The van der Waals surface area contributed by atoms with E-state index in [1.807, 2.05) is 12.1 Å². The van der Waals surface area contributed by atoms with Crippen LogP contribution in [0.25, 0.3) is 0 Å². The first kappa shape index (κ1) is 14.6. The Balaban J connectivity index is 1.63. The molecule has 1 N–H and O–H groups in total. The van der Waals surface area contributed by atoms with Gasteiger partial charge in [0, 0.05) is 19.1 Å². The highest BCUT2D eigenvalue weighted by atomic mass is 16.2. The van der Waals surface area contributed by atoms with E-state index in [0.29, 0.717) is 18.4 Å². The fourth-order valence-corrected chi connectivity index (χ4v) is 3.15. The second-order valence-electron chi connectivity index (χ2n) is 6.64. The lowest BCUT2D eigenvalue weighted by atomic mass is 10.0. The average Bonchev–Trinajstić information content (AvgIpc) is 3.14. The van der Waals surface area contributed by atoms with Gasteiger partial charge >= 0.3 is 0 Å². The van der Waals surface area contributed by atoms with Gasteiger partial charge in [-0.25, -0.2) is 0 Å². The normalized spacial score (nSPS) is 21.5. The highest BCUT2D eigenvalue weighted by molar-refractivity contribution is 5.79. The Morgan fingerprint density at radius 1 is 1.24 bits per heavy atom. The summed E-state index contributed by atoms with van der Waals surface area (Å²) in [5.41, 5.74) is 2.39. The maximum atomic E-state index is 12.7. The van der Waals surface area contributed by atoms with Crippen LogP contribution in [0.4, 0.5) is 0 Å². The standard InChI is InChI=1S/C18H26N2O/c1-14-5-2-3-6-16(14)11-18(21)20(12-15-8-9-15)13-17-7-4-10-19-17/h2-3,5-6,15,17,19H,4,7-13H2,1H3. The zero-order valence-corrected chi connectivity index (χ0v) is 13.0. The molecular formula is C18H26N2O. The number of carbonyl (C=O) groups excluding carboxylic acids is 1. The van der Waals surface area contributed by atoms with E-state index < -0.39 is 0 Å². The molecule has 114 valence electrons. The Morgan fingerprint density at radius 2 is 2.05 bits per heavy atom. The van der Waals surface area contributed by atoms with Crippen molar-refractivity contribution in [2.24, 2.45) is 5.92 Å². The number of carbonyl (C=O) groups is 1. The van der Waals surface area contributed by atoms with Crippen LogP contribution in [-0.4, -0.2) is 36.5 Å². The number of nitrogens with zero attached hydrogens (tertiary/aromatic N) is 1. The van der Waals surface area contributed by atoms with Crippen molar-refractivity contribution in [3.63, 3.8) is 0 Å². The van der Waals surface area contributed by atoms with Crippen molar-refractivity contribution < 1.29 is 4.79 Å². The van der Waals surface area contributed by atoms with Crippen LogP contribution in [0.3, 0.4) is 0 Å². The largest absolute Gasteiger partial charge is 0.341 e. The maximum absolute atomic E-state index is 12.7. The molecule has 1 saturated carbocycles. The van der Waals surface area contributed by atoms with Crippen molar-refractivity contribution in [1.29, 1.82) is 0 Å². The molecule has 0 aromatic heterocycles. The highest BCUT2D eigenvalue weighted by Crippen LogP contribution is 2.30. The second-order valence-corrected chi connectivity index (χ2v) is 6.64. The third kappa shape index (κ3) is 4.07. The predicted molar refractivity (Wildman–Crippen MR) is 85.2 cm³/mol. The highest BCUT2D eigenvalue weighted by Gasteiger charge is 2.29. The van der Waals surface area contributed by atoms with Crippen LogP contribution in [0.1, 0.15) is 36.8 Å². The summed E-state index contributed by atoms with van der Waals surface area (Å²) in [7, 11) is 0. The summed E-state index contributed by atoms with van der Waals surface area (Å²) in [5.74, 6) is 1.05. The Labute approximate surface area is 127 Å². The molecule has 1 amide bonds. The number of rotatable bonds is 6. The van der Waals surface area contributed by atoms with E-state index in [1.165, 1.54) is 36.8 Å². The van der Waals surface area contributed by atoms with Gasteiger partial charge in [0.25, 0.3) is 0 Å². The fourth-order valence-electron chi connectivity index (χ4n) is 3.15. The average molecular weight is 286 g/mol. The summed E-state index contributed by atoms with van der Waals surface area (Å²) in [6.45, 7) is 5.05. The van der Waals surface area contributed by atoms with Gasteiger partial charge in [-0.3, -0.25) is 4.79 Å². The molecule has 1 unspecified atom stereocenters. The van der Waals surface area contributed by atoms with Crippen molar-refractivity contribution in [2.75, 3.05) is 19.6 Å². The summed E-state index contributed by atoms with van der Waals surface area (Å²) in [6.07, 6.45) is 5.59. The summed E-state index contributed by atoms with van der Waals surface area (Å²) < 4.78 is 0. The number of amides is 1. The first-order valence-corrected chi connectivity index (χ1v) is 8.28. The van der Waals surface area contributed by atoms with Gasteiger partial charge in [0.1, 0.15) is 0 Å². The Bertz CT molecular complexity index is 490. The molecule has 1 heterocycles. The molecule has 1 aromatic rings. The van der Waals surface area contributed by atoms with E-state index in [4.69, 9.17) is 0 Å². The van der Waals surface area contributed by atoms with Crippen LogP contribution >= 0.6 is 0 Å². The molecule has 1 atom stereocenters. The van der Waals surface area contributed by atoms with Crippen LogP contribution in [-0.2, 0) is 11.2 Å². The third-order valence-corrected chi connectivity index (χ3v) is 4.73. The number of hydrogen-bond acceptors (Lipinski definition) is 2. The fraction of sp³-hybridized carbons (Fsp3) is 0.611. The molecule has 1 saturated heterocycles. The smallest absolute Gasteiger partial charge is 0.227 e. The summed E-state index contributed by atoms with van der Waals surface area (Å²) >= 11 is 0. The first-order chi connectivity index (χ1) is 10.2. The van der Waals surface area contributed by atoms with E-state index in [0.717, 1.165) is 25.6 Å². The molecule has 0 spiro atoms. The Morgan fingerprint density at radius 3 is 2.71 bits per heavy atom. The summed E-state index contributed by atoms with van der Waals surface area (Å²) in [6, 6.07) is 8.74. The van der Waals surface area contributed by atoms with Crippen molar-refractivity contribution in [1.82, 2.24) is 10.2 Å². The van der Waals surface area contributed by atoms with E-state index >= 15 is 0 Å². The number of aryl methyl sites for hydroxylation is 1. The predicted octanol–water partition coefficient (Wildman–Crippen LogP) is 2.53. The van der Waals surface area contributed by atoms with Crippen molar-refractivity contribution in [3.05, 3.63) is 35.4 Å². The topological polar surface area (TPSA) is 32.3 Å². The molecule has 1 aliphatic heterocycles. The Hall–Kier alpha value is -1.35. The summed E-state index contributed by atoms with van der Waals surface area (Å²) in [5, 5.41) is 3.52. The molecule has 2 aliphatic rings. The molecule has 0 bridgehead atoms. The van der Waals surface area contributed by atoms with Crippen molar-refractivity contribution in [2.45, 2.75) is 45.1 Å². The van der Waals surface area contributed by atoms with Crippen molar-refractivity contribution >= 4 is 5.91 Å². The van der Waals surface area contributed by atoms with Gasteiger partial charge in [-0.2, -0.15) is 0 Å². The van der Waals surface area contributed by atoms with E-state index in [-0.39, 0.29) is 0 Å². The first-order valence-electron chi connectivity index (χ1n) is 8.28. The maximum Gasteiger partial charge on any atom is 0.227 e. The van der Waals surface area contributed by atoms with Gasteiger partial charge in [0.2, 0.25) is 5.91 Å². The Kier molecular flexibility index (Phi) is 4.59. The quantitative estimate of drug-likeness (QED) is 0.871. The van der Waals surface area contributed by atoms with Crippen LogP contribution in [0.15, 0.2) is 24.3 Å². The van der Waals surface area contributed by atoms with Gasteiger partial charge in [-0.15, -0.1) is 0 Å². The molecule has 3 heteroatoms. The van der Waals surface area contributed by atoms with E-state index in [1.54, 1.807) is 0 Å². The lowest BCUT2D eigenvalue weighted by molar-refractivity contribution is -0.131. The zero-order chi connectivity index (χ0) is 14.7. The molecule has 3 rings (SSSR count). The SMILES string of the molecule is Cc1ccccc1CC(=O)N(CC1CC1)CC1CCCN1. The summed E-state index contributed by atoms with van der Waals surface area (Å²) in [4.78, 5) is 14.8. The molecule has 1 aromatic carbocycles. The second kappa shape index (κ2) is 6.61. The van der Waals surface area contributed by atoms with E-state index in [2.05, 4.69) is 29.3 Å². The minimum atomic E-state index is 0.296. The minimum absolute atomic E-state index is 0.296. The van der Waals surface area contributed by atoms with Gasteiger partial charge in [-0.05, 0) is 56.2 Å². The van der Waals surface area contributed by atoms with E-state index in [9.17, 15) is 4.79 Å². The van der Waals surface area contributed by atoms with Gasteiger partial charge < -0.3 is 10.2 Å². The van der Waals surface area contributed by atoms with Crippen LogP contribution in [0.2, 0.25) is 0 Å². The monoisotopic (exact) mass is 286 g/mol. The lowest BCUT2D eigenvalue weighted by Crippen LogP contribution is -2.42. The molecule has 2 fully saturated rings. The number of benzene rings is 1. The number of hydrogen-bond donors (Lipinski definition) is 1. The van der Waals surface area contributed by atoms with Crippen LogP contribution in [0.5, 0.6) is 0 Å². The lowest BCUT2D eigenvalue weighted by Gasteiger charge is -2.26.